The van der Waals surface area contributed by atoms with E-state index in [-0.39, 0.29) is 17.1 Å². The minimum atomic E-state index is 0. The number of hydrogen-bond donors (Lipinski definition) is 0. The van der Waals surface area contributed by atoms with Crippen molar-refractivity contribution >= 4 is 15.9 Å². The van der Waals surface area contributed by atoms with Crippen molar-refractivity contribution in [1.29, 1.82) is 0 Å². The first-order chi connectivity index (χ1) is 8.43. The van der Waals surface area contributed by atoms with E-state index < -0.39 is 0 Å². The van der Waals surface area contributed by atoms with Gasteiger partial charge >= 0.3 is 17.1 Å². The molecule has 2 aromatic carbocycles. The topological polar surface area (TPSA) is 0 Å². The van der Waals surface area contributed by atoms with E-state index in [1.165, 1.54) is 37.7 Å². The monoisotopic (exact) mass is 348 g/mol. The van der Waals surface area contributed by atoms with Crippen molar-refractivity contribution < 1.29 is 17.1 Å². The predicted molar refractivity (Wildman–Crippen MR) is 80.0 cm³/mol. The molecule has 0 bridgehead atoms. The van der Waals surface area contributed by atoms with Gasteiger partial charge in [-0.15, -0.1) is 0 Å². The molecule has 0 heterocycles. The number of rotatable bonds is 6. The molecule has 0 aliphatic heterocycles. The van der Waals surface area contributed by atoms with Gasteiger partial charge in [0.25, 0.3) is 0 Å². The standard InChI is InChI=1S/C11H16Br.C5H5.Fe/c12-10-6-2-1-3-7-11-8-4-5-9-11;1-2-4-5-3-1;/h4-5,8-9H,1-3,6-7,10H2;1-5H;/q2*-1;+2. The fourth-order valence-electron chi connectivity index (χ4n) is 1.68. The van der Waals surface area contributed by atoms with E-state index in [0.717, 1.165) is 5.33 Å². The van der Waals surface area contributed by atoms with E-state index in [4.69, 9.17) is 0 Å². The number of halogens is 1. The molecule has 0 nitrogen and oxygen atoms in total. The first-order valence-electron chi connectivity index (χ1n) is 6.36. The fourth-order valence-corrected chi connectivity index (χ4v) is 2.07. The third-order valence-corrected chi connectivity index (χ3v) is 3.20. The molecule has 0 unspecified atom stereocenters. The van der Waals surface area contributed by atoms with Gasteiger partial charge in [-0.3, -0.25) is 0 Å². The van der Waals surface area contributed by atoms with E-state index in [2.05, 4.69) is 40.2 Å². The molecule has 0 atom stereocenters. The molecule has 0 aliphatic rings. The molecule has 100 valence electrons. The number of aryl methyl sites for hydroxylation is 1. The minimum absolute atomic E-state index is 0. The van der Waals surface area contributed by atoms with Gasteiger partial charge in [-0.05, 0) is 6.42 Å². The van der Waals surface area contributed by atoms with Crippen LogP contribution in [0.4, 0.5) is 0 Å². The van der Waals surface area contributed by atoms with Crippen LogP contribution in [0.25, 0.3) is 0 Å². The van der Waals surface area contributed by atoms with Gasteiger partial charge in [0.2, 0.25) is 0 Å². The van der Waals surface area contributed by atoms with Gasteiger partial charge in [0, 0.05) is 5.33 Å². The van der Waals surface area contributed by atoms with Gasteiger partial charge in [-0.1, -0.05) is 41.6 Å². The molecule has 0 saturated heterocycles. The second kappa shape index (κ2) is 13.1. The molecular formula is C16H21BrFe. The van der Waals surface area contributed by atoms with E-state index in [9.17, 15) is 0 Å². The van der Waals surface area contributed by atoms with Crippen LogP contribution < -0.4 is 0 Å². The summed E-state index contributed by atoms with van der Waals surface area (Å²) in [6, 6.07) is 18.7. The van der Waals surface area contributed by atoms with E-state index in [1.807, 2.05) is 30.3 Å². The second-order valence-electron chi connectivity index (χ2n) is 4.11. The Morgan fingerprint density at radius 1 is 0.833 bits per heavy atom. The summed E-state index contributed by atoms with van der Waals surface area (Å²) >= 11 is 3.44. The molecule has 0 aliphatic carbocycles. The molecule has 0 radical (unpaired) electrons. The van der Waals surface area contributed by atoms with Gasteiger partial charge < -0.3 is 0 Å². The summed E-state index contributed by atoms with van der Waals surface area (Å²) < 4.78 is 0. The normalized spacial score (nSPS) is 9.17. The Bertz CT molecular complexity index is 307. The average Bonchev–Trinajstić information content (AvgIpc) is 3.05. The van der Waals surface area contributed by atoms with Crippen LogP contribution in [0, 0.1) is 0 Å². The average molecular weight is 349 g/mol. The number of hydrogen-bond acceptors (Lipinski definition) is 0. The van der Waals surface area contributed by atoms with Crippen molar-refractivity contribution in [2.45, 2.75) is 32.1 Å². The zero-order chi connectivity index (χ0) is 12.2. The molecule has 0 saturated carbocycles. The Hall–Kier alpha value is -0.301. The van der Waals surface area contributed by atoms with Crippen LogP contribution in [0.3, 0.4) is 0 Å². The molecular weight excluding hydrogens is 328 g/mol. The van der Waals surface area contributed by atoms with E-state index in [1.54, 1.807) is 0 Å². The summed E-state index contributed by atoms with van der Waals surface area (Å²) in [5, 5.41) is 1.16. The zero-order valence-corrected chi connectivity index (χ0v) is 13.4. The molecule has 2 heteroatoms. The van der Waals surface area contributed by atoms with Gasteiger partial charge in [-0.25, -0.2) is 24.3 Å². The Balaban J connectivity index is 0.000000405. The summed E-state index contributed by atoms with van der Waals surface area (Å²) in [7, 11) is 0. The van der Waals surface area contributed by atoms with Crippen LogP contribution in [0.1, 0.15) is 31.2 Å². The van der Waals surface area contributed by atoms with Crippen LogP contribution in [-0.4, -0.2) is 5.33 Å². The Morgan fingerprint density at radius 3 is 1.94 bits per heavy atom. The quantitative estimate of drug-likeness (QED) is 0.287. The third kappa shape index (κ3) is 9.70. The van der Waals surface area contributed by atoms with E-state index in [0.29, 0.717) is 0 Å². The minimum Gasteiger partial charge on any atom is -0.214 e. The number of alkyl halides is 1. The Labute approximate surface area is 130 Å². The Kier molecular flexibility index (Phi) is 12.9. The maximum Gasteiger partial charge on any atom is 2.00 e. The zero-order valence-electron chi connectivity index (χ0n) is 10.7. The molecule has 2 rings (SSSR count). The van der Waals surface area contributed by atoms with Crippen molar-refractivity contribution in [1.82, 2.24) is 0 Å². The summed E-state index contributed by atoms with van der Waals surface area (Å²) in [6.45, 7) is 0. The summed E-state index contributed by atoms with van der Waals surface area (Å²) in [5.41, 5.74) is 1.49. The largest absolute Gasteiger partial charge is 2.00 e. The third-order valence-electron chi connectivity index (χ3n) is 2.64. The van der Waals surface area contributed by atoms with Gasteiger partial charge in [0.05, 0.1) is 0 Å². The summed E-state index contributed by atoms with van der Waals surface area (Å²) in [6.07, 6.45) is 6.66. The maximum absolute atomic E-state index is 3.44. The first-order valence-corrected chi connectivity index (χ1v) is 7.49. The molecule has 18 heavy (non-hydrogen) atoms. The SMILES string of the molecule is BrCCCCCC[c-]1cccc1.[Fe+2].c1cc[cH-]c1. The predicted octanol–water partition coefficient (Wildman–Crippen LogP) is 5.31. The van der Waals surface area contributed by atoms with Crippen molar-refractivity contribution in [2.75, 3.05) is 5.33 Å². The molecule has 0 spiro atoms. The van der Waals surface area contributed by atoms with Crippen molar-refractivity contribution in [3.05, 3.63) is 60.2 Å². The van der Waals surface area contributed by atoms with Crippen LogP contribution in [0.15, 0.2) is 54.6 Å². The smallest absolute Gasteiger partial charge is 0.214 e. The van der Waals surface area contributed by atoms with Crippen molar-refractivity contribution in [2.24, 2.45) is 0 Å². The van der Waals surface area contributed by atoms with Crippen molar-refractivity contribution in [3.63, 3.8) is 0 Å². The van der Waals surface area contributed by atoms with Crippen LogP contribution in [-0.2, 0) is 23.5 Å². The maximum atomic E-state index is 3.44. The van der Waals surface area contributed by atoms with Gasteiger partial charge in [0.1, 0.15) is 0 Å². The van der Waals surface area contributed by atoms with Crippen molar-refractivity contribution in [3.8, 4) is 0 Å². The number of unbranched alkanes of at least 4 members (excludes halogenated alkanes) is 3. The summed E-state index contributed by atoms with van der Waals surface area (Å²) in [5.74, 6) is 0. The molecule has 0 fully saturated rings. The Morgan fingerprint density at radius 2 is 1.44 bits per heavy atom. The molecule has 2 aromatic rings. The van der Waals surface area contributed by atoms with E-state index >= 15 is 0 Å². The van der Waals surface area contributed by atoms with Gasteiger partial charge in [0.15, 0.2) is 0 Å². The molecule has 0 amide bonds. The van der Waals surface area contributed by atoms with Crippen LogP contribution in [0.2, 0.25) is 0 Å². The second-order valence-corrected chi connectivity index (χ2v) is 4.90. The first kappa shape index (κ1) is 17.7. The van der Waals surface area contributed by atoms with Gasteiger partial charge in [-0.2, -0.15) is 35.9 Å². The molecule has 0 N–H and O–H groups in total. The molecule has 0 aromatic heterocycles. The van der Waals surface area contributed by atoms with Crippen LogP contribution >= 0.6 is 15.9 Å². The fraction of sp³-hybridized carbons (Fsp3) is 0.375. The summed E-state index contributed by atoms with van der Waals surface area (Å²) in [4.78, 5) is 0. The van der Waals surface area contributed by atoms with Crippen LogP contribution in [0.5, 0.6) is 0 Å².